The molecule has 122 valence electrons. The van der Waals surface area contributed by atoms with E-state index in [1.54, 1.807) is 7.11 Å². The molecule has 1 amide bonds. The molecule has 1 saturated carbocycles. The van der Waals surface area contributed by atoms with E-state index in [4.69, 9.17) is 4.74 Å². The quantitative estimate of drug-likeness (QED) is 0.927. The predicted octanol–water partition coefficient (Wildman–Crippen LogP) is 3.43. The summed E-state index contributed by atoms with van der Waals surface area (Å²) in [7, 11) is 1.61. The Kier molecular flexibility index (Phi) is 4.81. The van der Waals surface area contributed by atoms with E-state index in [2.05, 4.69) is 0 Å². The minimum Gasteiger partial charge on any atom is -0.495 e. The van der Waals surface area contributed by atoms with Crippen LogP contribution in [0.4, 0.5) is 5.69 Å². The Morgan fingerprint density at radius 2 is 2.00 bits per heavy atom. The first kappa shape index (κ1) is 16.8. The highest BCUT2D eigenvalue weighted by atomic mass is 16.5. The Hall–Kier alpha value is -1.55. The van der Waals surface area contributed by atoms with Crippen molar-refractivity contribution in [3.8, 4) is 5.75 Å². The summed E-state index contributed by atoms with van der Waals surface area (Å²) >= 11 is 0. The number of aliphatic hydroxyl groups is 1. The number of rotatable bonds is 4. The molecule has 0 unspecified atom stereocenters. The maximum Gasteiger partial charge on any atom is 0.232 e. The highest BCUT2D eigenvalue weighted by Gasteiger charge is 2.37. The zero-order valence-corrected chi connectivity index (χ0v) is 14.3. The molecule has 22 heavy (non-hydrogen) atoms. The number of hydrogen-bond donors (Lipinski definition) is 1. The van der Waals surface area contributed by atoms with Crippen LogP contribution in [-0.4, -0.2) is 24.2 Å². The van der Waals surface area contributed by atoms with Crippen molar-refractivity contribution < 1.29 is 14.6 Å². The van der Waals surface area contributed by atoms with Gasteiger partial charge in [0.1, 0.15) is 5.75 Å². The van der Waals surface area contributed by atoms with Crippen LogP contribution in [-0.2, 0) is 11.4 Å². The molecule has 0 saturated heterocycles. The van der Waals surface area contributed by atoms with Crippen LogP contribution in [0.5, 0.6) is 5.75 Å². The van der Waals surface area contributed by atoms with Crippen LogP contribution in [0.2, 0.25) is 0 Å². The van der Waals surface area contributed by atoms with Crippen molar-refractivity contribution >= 4 is 11.6 Å². The van der Waals surface area contributed by atoms with E-state index in [9.17, 15) is 9.90 Å². The number of anilines is 1. The van der Waals surface area contributed by atoms with Crippen LogP contribution in [0.3, 0.4) is 0 Å². The molecule has 0 bridgehead atoms. The number of aliphatic hydroxyl groups excluding tert-OH is 1. The third-order valence-corrected chi connectivity index (χ3v) is 4.27. The molecule has 0 heterocycles. The lowest BCUT2D eigenvalue weighted by Gasteiger charge is -2.41. The van der Waals surface area contributed by atoms with Crippen molar-refractivity contribution in [1.29, 1.82) is 0 Å². The Balaban J connectivity index is 2.54. The SMILES string of the molecule is COc1cc(CO)cc(C)c1N(C(=O)C(C)(C)C)C1CCC1. The number of carbonyl (C=O) groups is 1. The molecule has 1 fully saturated rings. The molecule has 0 radical (unpaired) electrons. The summed E-state index contributed by atoms with van der Waals surface area (Å²) in [6.45, 7) is 7.79. The van der Waals surface area contributed by atoms with Crippen molar-refractivity contribution in [2.75, 3.05) is 12.0 Å². The molecule has 1 aliphatic rings. The van der Waals surface area contributed by atoms with Crippen molar-refractivity contribution in [3.05, 3.63) is 23.3 Å². The fourth-order valence-electron chi connectivity index (χ4n) is 2.83. The Morgan fingerprint density at radius 1 is 1.36 bits per heavy atom. The molecule has 0 atom stereocenters. The molecule has 4 nitrogen and oxygen atoms in total. The zero-order valence-electron chi connectivity index (χ0n) is 14.3. The molecule has 4 heteroatoms. The lowest BCUT2D eigenvalue weighted by molar-refractivity contribution is -0.126. The Bertz CT molecular complexity index is 556. The third-order valence-electron chi connectivity index (χ3n) is 4.27. The number of methoxy groups -OCH3 is 1. The molecule has 1 aliphatic carbocycles. The van der Waals surface area contributed by atoms with Gasteiger partial charge in [-0.1, -0.05) is 26.8 Å². The standard InChI is InChI=1S/C18H27NO3/c1-12-9-13(11-20)10-15(22-5)16(12)19(14-7-6-8-14)17(21)18(2,3)4/h9-10,14,20H,6-8,11H2,1-5H3. The van der Waals surface area contributed by atoms with Gasteiger partial charge in [-0.15, -0.1) is 0 Å². The average molecular weight is 305 g/mol. The summed E-state index contributed by atoms with van der Waals surface area (Å²) in [4.78, 5) is 14.9. The van der Waals surface area contributed by atoms with Crippen LogP contribution in [0, 0.1) is 12.3 Å². The number of amides is 1. The fourth-order valence-corrected chi connectivity index (χ4v) is 2.83. The van der Waals surface area contributed by atoms with Gasteiger partial charge in [0, 0.05) is 11.5 Å². The van der Waals surface area contributed by atoms with Gasteiger partial charge >= 0.3 is 0 Å². The van der Waals surface area contributed by atoms with Gasteiger partial charge in [-0.2, -0.15) is 0 Å². The molecule has 1 N–H and O–H groups in total. The van der Waals surface area contributed by atoms with Crippen LogP contribution in [0.15, 0.2) is 12.1 Å². The lowest BCUT2D eigenvalue weighted by atomic mass is 9.86. The monoisotopic (exact) mass is 305 g/mol. The first-order valence-corrected chi connectivity index (χ1v) is 7.91. The van der Waals surface area contributed by atoms with E-state index in [0.717, 1.165) is 36.1 Å². The van der Waals surface area contributed by atoms with Gasteiger partial charge in [-0.25, -0.2) is 0 Å². The molecule has 1 aromatic rings. The van der Waals surface area contributed by atoms with E-state index in [-0.39, 0.29) is 18.6 Å². The summed E-state index contributed by atoms with van der Waals surface area (Å²) in [6.07, 6.45) is 3.23. The summed E-state index contributed by atoms with van der Waals surface area (Å²) < 4.78 is 5.53. The van der Waals surface area contributed by atoms with E-state index in [1.165, 1.54) is 0 Å². The molecule has 2 rings (SSSR count). The second kappa shape index (κ2) is 6.29. The van der Waals surface area contributed by atoms with Gasteiger partial charge in [-0.05, 0) is 43.4 Å². The summed E-state index contributed by atoms with van der Waals surface area (Å²) in [5.41, 5.74) is 2.18. The van der Waals surface area contributed by atoms with Crippen molar-refractivity contribution in [3.63, 3.8) is 0 Å². The van der Waals surface area contributed by atoms with Gasteiger partial charge in [0.15, 0.2) is 0 Å². The van der Waals surface area contributed by atoms with Crippen molar-refractivity contribution in [2.24, 2.45) is 5.41 Å². The maximum atomic E-state index is 13.0. The summed E-state index contributed by atoms with van der Waals surface area (Å²) in [5.74, 6) is 0.781. The number of ether oxygens (including phenoxy) is 1. The van der Waals surface area contributed by atoms with Crippen LogP contribution in [0.25, 0.3) is 0 Å². The number of hydrogen-bond acceptors (Lipinski definition) is 3. The van der Waals surface area contributed by atoms with Gasteiger partial charge < -0.3 is 14.7 Å². The summed E-state index contributed by atoms with van der Waals surface area (Å²) in [6, 6.07) is 4.00. The zero-order chi connectivity index (χ0) is 16.5. The molecule has 0 aliphatic heterocycles. The molecule has 1 aromatic carbocycles. The number of nitrogens with zero attached hydrogens (tertiary/aromatic N) is 1. The molecular weight excluding hydrogens is 278 g/mol. The van der Waals surface area contributed by atoms with Crippen LogP contribution >= 0.6 is 0 Å². The molecular formula is C18H27NO3. The number of aryl methyl sites for hydroxylation is 1. The maximum absolute atomic E-state index is 13.0. The number of benzene rings is 1. The molecule has 0 aromatic heterocycles. The first-order chi connectivity index (χ1) is 10.3. The van der Waals surface area contributed by atoms with Gasteiger partial charge in [0.25, 0.3) is 0 Å². The van der Waals surface area contributed by atoms with Crippen molar-refractivity contribution in [2.45, 2.75) is 59.6 Å². The third kappa shape index (κ3) is 3.12. The topological polar surface area (TPSA) is 49.8 Å². The second-order valence-corrected chi connectivity index (χ2v) is 7.13. The minimum absolute atomic E-state index is 0.0336. The normalized spacial score (nSPS) is 15.4. The largest absolute Gasteiger partial charge is 0.495 e. The molecule has 0 spiro atoms. The highest BCUT2D eigenvalue weighted by Crippen LogP contribution is 2.41. The smallest absolute Gasteiger partial charge is 0.232 e. The van der Waals surface area contributed by atoms with E-state index >= 15 is 0 Å². The van der Waals surface area contributed by atoms with E-state index in [1.807, 2.05) is 44.7 Å². The fraction of sp³-hybridized carbons (Fsp3) is 0.611. The van der Waals surface area contributed by atoms with E-state index < -0.39 is 5.41 Å². The Labute approximate surface area is 133 Å². The van der Waals surface area contributed by atoms with E-state index in [0.29, 0.717) is 5.75 Å². The lowest BCUT2D eigenvalue weighted by Crippen LogP contribution is -2.49. The highest BCUT2D eigenvalue weighted by molar-refractivity contribution is 5.99. The first-order valence-electron chi connectivity index (χ1n) is 7.91. The van der Waals surface area contributed by atoms with Crippen molar-refractivity contribution in [1.82, 2.24) is 0 Å². The minimum atomic E-state index is -0.442. The van der Waals surface area contributed by atoms with Crippen LogP contribution in [0.1, 0.15) is 51.2 Å². The van der Waals surface area contributed by atoms with Crippen LogP contribution < -0.4 is 9.64 Å². The summed E-state index contributed by atoms with van der Waals surface area (Å²) in [5, 5.41) is 9.38. The second-order valence-electron chi connectivity index (χ2n) is 7.13. The Morgan fingerprint density at radius 3 is 2.41 bits per heavy atom. The van der Waals surface area contributed by atoms with Gasteiger partial charge in [-0.3, -0.25) is 4.79 Å². The predicted molar refractivity (Wildman–Crippen MR) is 88.2 cm³/mol. The van der Waals surface area contributed by atoms with Gasteiger partial charge in [0.05, 0.1) is 19.4 Å². The average Bonchev–Trinajstić information content (AvgIpc) is 2.40. The number of carbonyl (C=O) groups excluding carboxylic acids is 1. The van der Waals surface area contributed by atoms with Gasteiger partial charge in [0.2, 0.25) is 5.91 Å².